The van der Waals surface area contributed by atoms with Crippen molar-refractivity contribution in [2.24, 2.45) is 0 Å². The van der Waals surface area contributed by atoms with E-state index in [1.807, 2.05) is 0 Å². The van der Waals surface area contributed by atoms with E-state index in [9.17, 15) is 18.4 Å². The van der Waals surface area contributed by atoms with Crippen LogP contribution in [0.3, 0.4) is 0 Å². The van der Waals surface area contributed by atoms with E-state index >= 15 is 0 Å². The number of carboxylic acids is 1. The van der Waals surface area contributed by atoms with E-state index in [2.05, 4.69) is 11.3 Å². The number of ether oxygens (including phenoxy) is 1. The van der Waals surface area contributed by atoms with Crippen LogP contribution in [0.2, 0.25) is 0 Å². The summed E-state index contributed by atoms with van der Waals surface area (Å²) in [5.41, 5.74) is -2.50. The summed E-state index contributed by atoms with van der Waals surface area (Å²) in [7, 11) is 0. The van der Waals surface area contributed by atoms with E-state index in [1.165, 1.54) is 6.92 Å². The molecule has 0 aliphatic rings. The van der Waals surface area contributed by atoms with Crippen LogP contribution in [0.4, 0.5) is 8.78 Å². The number of alkyl halides is 2. The first-order valence-corrected chi connectivity index (χ1v) is 4.02. The highest BCUT2D eigenvalue weighted by Crippen LogP contribution is 2.32. The van der Waals surface area contributed by atoms with Gasteiger partial charge in [-0.15, -0.1) is 0 Å². The molecule has 0 amide bonds. The van der Waals surface area contributed by atoms with Gasteiger partial charge < -0.3 is 9.84 Å². The first-order chi connectivity index (χ1) is 6.52. The lowest BCUT2D eigenvalue weighted by molar-refractivity contribution is -0.212. The van der Waals surface area contributed by atoms with Crippen molar-refractivity contribution < 1.29 is 28.2 Å². The molecule has 0 unspecified atom stereocenters. The molecule has 0 radical (unpaired) electrons. The van der Waals surface area contributed by atoms with E-state index in [-0.39, 0.29) is 5.57 Å². The summed E-state index contributed by atoms with van der Waals surface area (Å²) in [6, 6.07) is 0. The molecule has 0 rings (SSSR count). The average Bonchev–Trinajstić information content (AvgIpc) is 2.02. The second kappa shape index (κ2) is 3.96. The van der Waals surface area contributed by atoms with Crippen molar-refractivity contribution in [2.75, 3.05) is 0 Å². The Morgan fingerprint density at radius 1 is 1.33 bits per heavy atom. The zero-order valence-electron chi connectivity index (χ0n) is 8.63. The minimum absolute atomic E-state index is 0.0794. The van der Waals surface area contributed by atoms with E-state index in [1.54, 1.807) is 0 Å². The summed E-state index contributed by atoms with van der Waals surface area (Å²) >= 11 is 0. The second-order valence-corrected chi connectivity index (χ2v) is 3.56. The molecule has 0 aromatic carbocycles. The van der Waals surface area contributed by atoms with Gasteiger partial charge in [0.15, 0.2) is 5.60 Å². The van der Waals surface area contributed by atoms with Gasteiger partial charge in [-0.1, -0.05) is 6.58 Å². The fourth-order valence-corrected chi connectivity index (χ4v) is 0.640. The maximum absolute atomic E-state index is 13.0. The van der Waals surface area contributed by atoms with Crippen LogP contribution in [0, 0.1) is 0 Å². The predicted molar refractivity (Wildman–Crippen MR) is 47.6 cm³/mol. The van der Waals surface area contributed by atoms with Crippen LogP contribution in [0.5, 0.6) is 0 Å². The van der Waals surface area contributed by atoms with Gasteiger partial charge in [0.05, 0.1) is 0 Å². The molecule has 0 aromatic heterocycles. The standard InChI is InChI=1S/C9H12F2O4/c1-5(2)6(12)15-8(3,4)9(10,11)7(13)14/h1H2,2-4H3,(H,13,14). The molecule has 4 nitrogen and oxygen atoms in total. The van der Waals surface area contributed by atoms with Crippen molar-refractivity contribution in [3.8, 4) is 0 Å². The third-order valence-electron chi connectivity index (χ3n) is 1.72. The number of halogens is 2. The lowest BCUT2D eigenvalue weighted by Crippen LogP contribution is -2.51. The Balaban J connectivity index is 4.91. The molecular formula is C9H12F2O4. The third-order valence-corrected chi connectivity index (χ3v) is 1.72. The Hall–Kier alpha value is -1.46. The van der Waals surface area contributed by atoms with Gasteiger partial charge in [0.2, 0.25) is 0 Å². The summed E-state index contributed by atoms with van der Waals surface area (Å²) in [6.45, 7) is 6.12. The van der Waals surface area contributed by atoms with E-state index in [4.69, 9.17) is 5.11 Å². The Morgan fingerprint density at radius 3 is 2.00 bits per heavy atom. The fraction of sp³-hybridized carbons (Fsp3) is 0.556. The number of hydrogen-bond acceptors (Lipinski definition) is 3. The van der Waals surface area contributed by atoms with Crippen LogP contribution in [0.25, 0.3) is 0 Å². The number of carbonyl (C=O) groups excluding carboxylic acids is 1. The van der Waals surface area contributed by atoms with Gasteiger partial charge in [0, 0.05) is 5.57 Å². The minimum Gasteiger partial charge on any atom is -0.477 e. The molecule has 6 heteroatoms. The largest absolute Gasteiger partial charge is 0.477 e. The van der Waals surface area contributed by atoms with Gasteiger partial charge >= 0.3 is 17.9 Å². The van der Waals surface area contributed by atoms with Crippen molar-refractivity contribution in [3.63, 3.8) is 0 Å². The summed E-state index contributed by atoms with van der Waals surface area (Å²) in [5.74, 6) is -7.55. The number of hydrogen-bond donors (Lipinski definition) is 1. The molecule has 0 saturated carbocycles. The first-order valence-electron chi connectivity index (χ1n) is 4.02. The van der Waals surface area contributed by atoms with Crippen LogP contribution in [-0.4, -0.2) is 28.6 Å². The zero-order valence-corrected chi connectivity index (χ0v) is 8.63. The van der Waals surface area contributed by atoms with Gasteiger partial charge in [-0.3, -0.25) is 0 Å². The maximum Gasteiger partial charge on any atom is 0.380 e. The molecule has 1 N–H and O–H groups in total. The van der Waals surface area contributed by atoms with Crippen LogP contribution in [0.15, 0.2) is 12.2 Å². The summed E-state index contributed by atoms with van der Waals surface area (Å²) < 4.78 is 30.4. The average molecular weight is 222 g/mol. The number of aliphatic carboxylic acids is 1. The Kier molecular flexibility index (Phi) is 3.57. The van der Waals surface area contributed by atoms with Crippen LogP contribution in [0.1, 0.15) is 20.8 Å². The smallest absolute Gasteiger partial charge is 0.380 e. The Morgan fingerprint density at radius 2 is 1.73 bits per heavy atom. The first kappa shape index (κ1) is 13.5. The maximum atomic E-state index is 13.0. The molecule has 0 heterocycles. The normalized spacial score (nSPS) is 12.1. The van der Waals surface area contributed by atoms with Crippen molar-refractivity contribution in [2.45, 2.75) is 32.3 Å². The van der Waals surface area contributed by atoms with Crippen molar-refractivity contribution in [1.82, 2.24) is 0 Å². The molecule has 0 aromatic rings. The lowest BCUT2D eigenvalue weighted by atomic mass is 10.0. The monoisotopic (exact) mass is 222 g/mol. The number of carbonyl (C=O) groups is 2. The zero-order chi connectivity index (χ0) is 12.4. The molecule has 0 bridgehead atoms. The van der Waals surface area contributed by atoms with Crippen molar-refractivity contribution >= 4 is 11.9 Å². The van der Waals surface area contributed by atoms with Crippen molar-refractivity contribution in [1.29, 1.82) is 0 Å². The molecule has 15 heavy (non-hydrogen) atoms. The number of esters is 1. The Bertz CT molecular complexity index is 307. The predicted octanol–water partition coefficient (Wildman–Crippen LogP) is 1.60. The van der Waals surface area contributed by atoms with Gasteiger partial charge in [0.25, 0.3) is 0 Å². The minimum atomic E-state index is -4.15. The van der Waals surface area contributed by atoms with E-state index < -0.39 is 23.5 Å². The molecule has 86 valence electrons. The summed E-state index contributed by atoms with van der Waals surface area (Å²) in [4.78, 5) is 21.2. The van der Waals surface area contributed by atoms with Gasteiger partial charge in [-0.05, 0) is 20.8 Å². The quantitative estimate of drug-likeness (QED) is 0.579. The fourth-order valence-electron chi connectivity index (χ4n) is 0.640. The van der Waals surface area contributed by atoms with Crippen LogP contribution < -0.4 is 0 Å². The summed E-state index contributed by atoms with van der Waals surface area (Å²) in [6.07, 6.45) is 0. The molecule has 0 fully saturated rings. The van der Waals surface area contributed by atoms with Gasteiger partial charge in [0.1, 0.15) is 0 Å². The van der Waals surface area contributed by atoms with E-state index in [0.29, 0.717) is 0 Å². The molecular weight excluding hydrogens is 210 g/mol. The van der Waals surface area contributed by atoms with Crippen LogP contribution >= 0.6 is 0 Å². The summed E-state index contributed by atoms with van der Waals surface area (Å²) in [5, 5.41) is 8.26. The van der Waals surface area contributed by atoms with Crippen LogP contribution in [-0.2, 0) is 14.3 Å². The Labute approximate surface area is 85.5 Å². The molecule has 0 aliphatic carbocycles. The van der Waals surface area contributed by atoms with Gasteiger partial charge in [-0.25, -0.2) is 9.59 Å². The number of carboxylic acid groups (broad SMARTS) is 1. The van der Waals surface area contributed by atoms with Crippen molar-refractivity contribution in [3.05, 3.63) is 12.2 Å². The van der Waals surface area contributed by atoms with E-state index in [0.717, 1.165) is 13.8 Å². The third kappa shape index (κ3) is 2.74. The second-order valence-electron chi connectivity index (χ2n) is 3.56. The highest BCUT2D eigenvalue weighted by atomic mass is 19.3. The SMILES string of the molecule is C=C(C)C(=O)OC(C)(C)C(F)(F)C(=O)O. The van der Waals surface area contributed by atoms with Gasteiger partial charge in [-0.2, -0.15) is 8.78 Å². The lowest BCUT2D eigenvalue weighted by Gasteiger charge is -2.30. The molecule has 0 atom stereocenters. The number of rotatable bonds is 4. The highest BCUT2D eigenvalue weighted by Gasteiger charge is 2.56. The topological polar surface area (TPSA) is 63.6 Å². The molecule has 0 aliphatic heterocycles. The molecule has 0 spiro atoms. The molecule has 0 saturated heterocycles. The highest BCUT2D eigenvalue weighted by molar-refractivity contribution is 5.88.